The van der Waals surface area contributed by atoms with Crippen LogP contribution in [0.5, 0.6) is 0 Å². The summed E-state index contributed by atoms with van der Waals surface area (Å²) in [6.07, 6.45) is -0.398. The van der Waals surface area contributed by atoms with Crippen molar-refractivity contribution < 1.29 is 23.9 Å². The van der Waals surface area contributed by atoms with Gasteiger partial charge in [-0.2, -0.15) is 0 Å². The Morgan fingerprint density at radius 1 is 1.22 bits per heavy atom. The number of amides is 2. The van der Waals surface area contributed by atoms with Crippen LogP contribution in [0, 0.1) is 5.82 Å². The van der Waals surface area contributed by atoms with Crippen LogP contribution in [0.25, 0.3) is 0 Å². The number of anilines is 1. The van der Waals surface area contributed by atoms with Crippen LogP contribution in [0.4, 0.5) is 10.1 Å². The van der Waals surface area contributed by atoms with Crippen molar-refractivity contribution in [2.45, 2.75) is 25.3 Å². The average Bonchev–Trinajstić information content (AvgIpc) is 2.88. The van der Waals surface area contributed by atoms with Gasteiger partial charge in [0.05, 0.1) is 6.42 Å². The van der Waals surface area contributed by atoms with Gasteiger partial charge in [-0.05, 0) is 35.4 Å². The Bertz CT molecular complexity index is 913. The third-order valence-electron chi connectivity index (χ3n) is 4.55. The number of aliphatic carboxylic acids is 1. The maximum absolute atomic E-state index is 13.5. The van der Waals surface area contributed by atoms with Crippen molar-refractivity contribution >= 4 is 23.5 Å². The molecule has 0 saturated carbocycles. The van der Waals surface area contributed by atoms with E-state index >= 15 is 0 Å². The molecule has 3 rings (SSSR count). The molecule has 0 fully saturated rings. The molecule has 6 nitrogen and oxygen atoms in total. The van der Waals surface area contributed by atoms with E-state index in [-0.39, 0.29) is 18.7 Å². The van der Waals surface area contributed by atoms with E-state index in [1.54, 1.807) is 36.2 Å². The summed E-state index contributed by atoms with van der Waals surface area (Å²) >= 11 is 0. The summed E-state index contributed by atoms with van der Waals surface area (Å²) < 4.78 is 13.5. The number of nitrogens with zero attached hydrogens (tertiary/aromatic N) is 1. The largest absolute Gasteiger partial charge is 0.481 e. The highest BCUT2D eigenvalue weighted by Gasteiger charge is 2.25. The fraction of sp³-hybridized carbons (Fsp3) is 0.250. The molecule has 2 N–H and O–H groups in total. The standard InChI is InChI=1S/C20H19FN2O4/c1-23-11-13-5-6-16(10-17(13)20(23)27)22-18(24)8-14(9-19(25)26)12-3-2-4-15(21)7-12/h2-7,10,14H,8-9,11H2,1H3,(H,22,24)(H,25,26). The van der Waals surface area contributed by atoms with Gasteiger partial charge in [-0.1, -0.05) is 18.2 Å². The summed E-state index contributed by atoms with van der Waals surface area (Å²) in [4.78, 5) is 37.2. The van der Waals surface area contributed by atoms with E-state index in [1.165, 1.54) is 18.2 Å². The van der Waals surface area contributed by atoms with Gasteiger partial charge in [0.25, 0.3) is 5.91 Å². The van der Waals surface area contributed by atoms with Crippen LogP contribution in [-0.2, 0) is 16.1 Å². The molecular formula is C20H19FN2O4. The zero-order valence-corrected chi connectivity index (χ0v) is 14.7. The lowest BCUT2D eigenvalue weighted by Gasteiger charge is -2.15. The third kappa shape index (κ3) is 4.31. The summed E-state index contributed by atoms with van der Waals surface area (Å²) in [6, 6.07) is 10.7. The maximum atomic E-state index is 13.5. The van der Waals surface area contributed by atoms with Crippen molar-refractivity contribution in [1.29, 1.82) is 0 Å². The summed E-state index contributed by atoms with van der Waals surface area (Å²) in [5, 5.41) is 11.8. The minimum atomic E-state index is -1.07. The summed E-state index contributed by atoms with van der Waals surface area (Å²) in [7, 11) is 1.70. The van der Waals surface area contributed by atoms with Gasteiger partial charge in [-0.3, -0.25) is 14.4 Å². The fourth-order valence-electron chi connectivity index (χ4n) is 3.24. The molecule has 1 aliphatic heterocycles. The number of carboxylic acids is 1. The van der Waals surface area contributed by atoms with Crippen LogP contribution < -0.4 is 5.32 Å². The minimum absolute atomic E-state index is 0.107. The number of carbonyl (C=O) groups excluding carboxylic acids is 2. The van der Waals surface area contributed by atoms with Crippen molar-refractivity contribution in [1.82, 2.24) is 4.90 Å². The Kier molecular flexibility index (Phi) is 5.21. The average molecular weight is 370 g/mol. The number of benzene rings is 2. The zero-order valence-electron chi connectivity index (χ0n) is 14.7. The molecule has 140 valence electrons. The summed E-state index contributed by atoms with van der Waals surface area (Å²) in [6.45, 7) is 0.530. The number of carboxylic acid groups (broad SMARTS) is 1. The van der Waals surface area contributed by atoms with Gasteiger partial charge >= 0.3 is 5.97 Å². The molecule has 0 spiro atoms. The Balaban J connectivity index is 1.73. The predicted octanol–water partition coefficient (Wildman–Crippen LogP) is 3.00. The molecule has 1 atom stereocenters. The quantitative estimate of drug-likeness (QED) is 0.818. The SMILES string of the molecule is CN1Cc2ccc(NC(=O)CC(CC(=O)O)c3cccc(F)c3)cc2C1=O. The molecule has 0 bridgehead atoms. The maximum Gasteiger partial charge on any atom is 0.303 e. The van der Waals surface area contributed by atoms with Gasteiger partial charge in [-0.25, -0.2) is 4.39 Å². The molecule has 2 amide bonds. The van der Waals surface area contributed by atoms with Crippen LogP contribution >= 0.6 is 0 Å². The van der Waals surface area contributed by atoms with Crippen molar-refractivity contribution in [3.05, 3.63) is 65.0 Å². The first-order chi connectivity index (χ1) is 12.8. The van der Waals surface area contributed by atoms with Gasteiger partial charge < -0.3 is 15.3 Å². The van der Waals surface area contributed by atoms with Crippen molar-refractivity contribution in [2.24, 2.45) is 0 Å². The highest BCUT2D eigenvalue weighted by Crippen LogP contribution is 2.27. The Morgan fingerprint density at radius 3 is 2.70 bits per heavy atom. The zero-order chi connectivity index (χ0) is 19.6. The van der Waals surface area contributed by atoms with Crippen molar-refractivity contribution in [2.75, 3.05) is 12.4 Å². The Morgan fingerprint density at radius 2 is 2.00 bits per heavy atom. The van der Waals surface area contributed by atoms with Gasteiger partial charge in [0.15, 0.2) is 0 Å². The monoisotopic (exact) mass is 370 g/mol. The lowest BCUT2D eigenvalue weighted by atomic mass is 9.92. The molecule has 0 aromatic heterocycles. The van der Waals surface area contributed by atoms with Gasteiger partial charge in [0.2, 0.25) is 5.91 Å². The minimum Gasteiger partial charge on any atom is -0.481 e. The second-order valence-corrected chi connectivity index (χ2v) is 6.64. The number of fused-ring (bicyclic) bond motifs is 1. The first-order valence-corrected chi connectivity index (χ1v) is 8.49. The van der Waals surface area contributed by atoms with E-state index in [0.717, 1.165) is 5.56 Å². The molecule has 1 unspecified atom stereocenters. The first kappa shape index (κ1) is 18.6. The van der Waals surface area contributed by atoms with E-state index in [0.29, 0.717) is 23.4 Å². The van der Waals surface area contributed by atoms with Crippen LogP contribution in [0.15, 0.2) is 42.5 Å². The summed E-state index contributed by atoms with van der Waals surface area (Å²) in [5.74, 6) is -2.71. The number of carbonyl (C=O) groups is 3. The molecule has 1 heterocycles. The van der Waals surface area contributed by atoms with Gasteiger partial charge in [-0.15, -0.1) is 0 Å². The lowest BCUT2D eigenvalue weighted by molar-refractivity contribution is -0.137. The normalized spacial score (nSPS) is 14.0. The number of hydrogen-bond acceptors (Lipinski definition) is 3. The molecule has 0 radical (unpaired) electrons. The number of rotatable bonds is 6. The van der Waals surface area contributed by atoms with Crippen LogP contribution in [0.2, 0.25) is 0 Å². The topological polar surface area (TPSA) is 86.7 Å². The van der Waals surface area contributed by atoms with E-state index in [2.05, 4.69) is 5.32 Å². The van der Waals surface area contributed by atoms with Gasteiger partial charge in [0, 0.05) is 37.2 Å². The van der Waals surface area contributed by atoms with Crippen molar-refractivity contribution in [3.63, 3.8) is 0 Å². The smallest absolute Gasteiger partial charge is 0.303 e. The first-order valence-electron chi connectivity index (χ1n) is 8.49. The molecule has 0 saturated heterocycles. The third-order valence-corrected chi connectivity index (χ3v) is 4.55. The molecule has 0 aliphatic carbocycles. The van der Waals surface area contributed by atoms with E-state index in [1.807, 2.05) is 0 Å². The number of nitrogens with one attached hydrogen (secondary N) is 1. The molecule has 2 aromatic rings. The molecule has 2 aromatic carbocycles. The molecule has 1 aliphatic rings. The second kappa shape index (κ2) is 7.57. The molecule has 7 heteroatoms. The van der Waals surface area contributed by atoms with Crippen molar-refractivity contribution in [3.8, 4) is 0 Å². The Hall–Kier alpha value is -3.22. The van der Waals surface area contributed by atoms with Crippen LogP contribution in [0.1, 0.15) is 40.2 Å². The van der Waals surface area contributed by atoms with E-state index in [4.69, 9.17) is 5.11 Å². The number of hydrogen-bond donors (Lipinski definition) is 2. The molecule has 27 heavy (non-hydrogen) atoms. The lowest BCUT2D eigenvalue weighted by Crippen LogP contribution is -2.19. The fourth-order valence-corrected chi connectivity index (χ4v) is 3.24. The highest BCUT2D eigenvalue weighted by atomic mass is 19.1. The predicted molar refractivity (Wildman–Crippen MR) is 96.9 cm³/mol. The summed E-state index contributed by atoms with van der Waals surface area (Å²) in [5.41, 5.74) is 2.36. The highest BCUT2D eigenvalue weighted by molar-refractivity contribution is 6.00. The molecular weight excluding hydrogens is 351 g/mol. The van der Waals surface area contributed by atoms with Crippen LogP contribution in [0.3, 0.4) is 0 Å². The Labute approximate surface area is 155 Å². The van der Waals surface area contributed by atoms with E-state index < -0.39 is 23.6 Å². The second-order valence-electron chi connectivity index (χ2n) is 6.64. The number of halogens is 1. The van der Waals surface area contributed by atoms with Crippen LogP contribution in [-0.4, -0.2) is 34.8 Å². The van der Waals surface area contributed by atoms with Gasteiger partial charge in [0.1, 0.15) is 5.82 Å². The van der Waals surface area contributed by atoms with E-state index in [9.17, 15) is 18.8 Å².